The van der Waals surface area contributed by atoms with Crippen LogP contribution in [0.25, 0.3) is 0 Å². The molecule has 0 saturated heterocycles. The molecule has 0 heterocycles. The lowest BCUT2D eigenvalue weighted by molar-refractivity contribution is -0.143. The van der Waals surface area contributed by atoms with Gasteiger partial charge in [-0.1, -0.05) is 25.5 Å². The number of hydrogen-bond acceptors (Lipinski definition) is 6. The molecular formula is C26H40N4O6. The molecule has 200 valence electrons. The fourth-order valence-corrected chi connectivity index (χ4v) is 3.97. The summed E-state index contributed by atoms with van der Waals surface area (Å²) in [5.41, 5.74) is 5.06. The number of alkyl carbamates (subject to hydrolysis) is 1. The summed E-state index contributed by atoms with van der Waals surface area (Å²) in [6.07, 6.45) is 2.09. The number of carbonyl (C=O) groups is 4. The Labute approximate surface area is 212 Å². The molecule has 1 aromatic rings. The maximum absolute atomic E-state index is 13.9. The van der Waals surface area contributed by atoms with Crippen molar-refractivity contribution in [3.63, 3.8) is 0 Å². The number of nitrogens with two attached hydrogens (primary N) is 1. The molecule has 2 rings (SSSR count). The van der Waals surface area contributed by atoms with E-state index in [0.29, 0.717) is 18.4 Å². The van der Waals surface area contributed by atoms with Crippen LogP contribution in [0.15, 0.2) is 24.3 Å². The number of hydrogen-bond donors (Lipinski definition) is 4. The summed E-state index contributed by atoms with van der Waals surface area (Å²) in [6.45, 7) is 9.02. The van der Waals surface area contributed by atoms with E-state index in [-0.39, 0.29) is 36.6 Å². The van der Waals surface area contributed by atoms with Crippen molar-refractivity contribution >= 4 is 23.8 Å². The molecule has 1 aliphatic carbocycles. The van der Waals surface area contributed by atoms with Crippen molar-refractivity contribution in [1.29, 1.82) is 0 Å². The van der Waals surface area contributed by atoms with E-state index in [9.17, 15) is 24.3 Å². The van der Waals surface area contributed by atoms with Crippen molar-refractivity contribution in [3.8, 4) is 5.75 Å². The van der Waals surface area contributed by atoms with Crippen molar-refractivity contribution in [2.45, 2.75) is 103 Å². The molecule has 0 bridgehead atoms. The third-order valence-corrected chi connectivity index (χ3v) is 5.71. The average molecular weight is 505 g/mol. The molecule has 1 aliphatic rings. The van der Waals surface area contributed by atoms with Gasteiger partial charge in [-0.2, -0.15) is 0 Å². The molecule has 0 aliphatic heterocycles. The van der Waals surface area contributed by atoms with Crippen LogP contribution >= 0.6 is 0 Å². The fourth-order valence-electron chi connectivity index (χ4n) is 3.97. The first-order chi connectivity index (χ1) is 16.8. The molecular weight excluding hydrogens is 464 g/mol. The van der Waals surface area contributed by atoms with Gasteiger partial charge in [0.1, 0.15) is 23.4 Å². The third kappa shape index (κ3) is 9.05. The summed E-state index contributed by atoms with van der Waals surface area (Å²) in [5, 5.41) is 15.3. The van der Waals surface area contributed by atoms with Gasteiger partial charge in [-0.05, 0) is 71.1 Å². The van der Waals surface area contributed by atoms with Crippen molar-refractivity contribution in [3.05, 3.63) is 29.8 Å². The van der Waals surface area contributed by atoms with Gasteiger partial charge >= 0.3 is 6.09 Å². The largest absolute Gasteiger partial charge is 0.508 e. The zero-order valence-corrected chi connectivity index (χ0v) is 21.9. The predicted molar refractivity (Wildman–Crippen MR) is 135 cm³/mol. The highest BCUT2D eigenvalue weighted by atomic mass is 16.6. The van der Waals surface area contributed by atoms with Gasteiger partial charge in [-0.15, -0.1) is 0 Å². The van der Waals surface area contributed by atoms with E-state index in [2.05, 4.69) is 10.6 Å². The third-order valence-electron chi connectivity index (χ3n) is 5.71. The zero-order valence-electron chi connectivity index (χ0n) is 21.9. The van der Waals surface area contributed by atoms with Crippen molar-refractivity contribution in [1.82, 2.24) is 15.5 Å². The maximum Gasteiger partial charge on any atom is 0.408 e. The second-order valence-electron chi connectivity index (χ2n) is 10.4. The Morgan fingerprint density at radius 3 is 2.22 bits per heavy atom. The molecule has 1 aromatic carbocycles. The Morgan fingerprint density at radius 1 is 1.11 bits per heavy atom. The highest BCUT2D eigenvalue weighted by Crippen LogP contribution is 2.36. The number of nitrogens with zero attached hydrogens (tertiary/aromatic N) is 1. The molecule has 0 spiro atoms. The van der Waals surface area contributed by atoms with Crippen molar-refractivity contribution < 1.29 is 29.0 Å². The number of nitrogens with one attached hydrogen (secondary N) is 2. The van der Waals surface area contributed by atoms with Crippen LogP contribution in [0.1, 0.15) is 84.7 Å². The van der Waals surface area contributed by atoms with Crippen LogP contribution in [-0.2, 0) is 19.1 Å². The van der Waals surface area contributed by atoms with Gasteiger partial charge in [0.2, 0.25) is 17.7 Å². The van der Waals surface area contributed by atoms with Crippen LogP contribution < -0.4 is 16.4 Å². The van der Waals surface area contributed by atoms with Gasteiger partial charge < -0.3 is 31.1 Å². The molecule has 10 nitrogen and oxygen atoms in total. The summed E-state index contributed by atoms with van der Waals surface area (Å²) in [6, 6.07) is 3.71. The minimum absolute atomic E-state index is 0.0347. The smallest absolute Gasteiger partial charge is 0.408 e. The minimum atomic E-state index is -1.12. The van der Waals surface area contributed by atoms with Gasteiger partial charge in [0.25, 0.3) is 0 Å². The molecule has 5 N–H and O–H groups in total. The number of amides is 4. The normalized spacial score (nSPS) is 15.8. The topological polar surface area (TPSA) is 151 Å². The Kier molecular flexibility index (Phi) is 10.1. The SMILES string of the molecule is CCCC(C)NC(=O)C(c1ccc(O)cc1)N(C(=O)C(CCC(N)=O)NC(=O)OC(C)(C)C)C1CC1. The fraction of sp³-hybridized carbons (Fsp3) is 0.615. The van der Waals surface area contributed by atoms with Crippen molar-refractivity contribution in [2.75, 3.05) is 0 Å². The van der Waals surface area contributed by atoms with Gasteiger partial charge in [-0.25, -0.2) is 4.79 Å². The molecule has 0 radical (unpaired) electrons. The van der Waals surface area contributed by atoms with Gasteiger partial charge in [0.15, 0.2) is 0 Å². The monoisotopic (exact) mass is 504 g/mol. The molecule has 3 unspecified atom stereocenters. The van der Waals surface area contributed by atoms with Crippen LogP contribution in [-0.4, -0.2) is 57.5 Å². The van der Waals surface area contributed by atoms with Gasteiger partial charge in [-0.3, -0.25) is 14.4 Å². The van der Waals surface area contributed by atoms with Crippen LogP contribution in [0.4, 0.5) is 4.79 Å². The summed E-state index contributed by atoms with van der Waals surface area (Å²) >= 11 is 0. The van der Waals surface area contributed by atoms with Crippen molar-refractivity contribution in [2.24, 2.45) is 5.73 Å². The Balaban J connectivity index is 2.43. The number of benzene rings is 1. The van der Waals surface area contributed by atoms with Gasteiger partial charge in [0, 0.05) is 18.5 Å². The first-order valence-corrected chi connectivity index (χ1v) is 12.5. The number of aromatic hydroxyl groups is 1. The first kappa shape index (κ1) is 28.9. The quantitative estimate of drug-likeness (QED) is 0.344. The van der Waals surface area contributed by atoms with Crippen LogP contribution in [0.2, 0.25) is 0 Å². The Hall–Kier alpha value is -3.30. The minimum Gasteiger partial charge on any atom is -0.508 e. The van der Waals surface area contributed by atoms with E-state index in [4.69, 9.17) is 10.5 Å². The second-order valence-corrected chi connectivity index (χ2v) is 10.4. The lowest BCUT2D eigenvalue weighted by atomic mass is 10.0. The Morgan fingerprint density at radius 2 is 1.72 bits per heavy atom. The number of phenolic OH excluding ortho intramolecular Hbond substituents is 1. The number of primary amides is 1. The standard InChI is InChI=1S/C26H40N4O6/c1-6-7-16(2)28-23(33)22(17-8-12-19(31)13-9-17)30(18-10-11-18)24(34)20(14-15-21(27)32)29-25(35)36-26(3,4)5/h8-9,12-13,16,18,20,22,31H,6-7,10-11,14-15H2,1-5H3,(H2,27,32)(H,28,33)(H,29,35). The summed E-state index contributed by atoms with van der Waals surface area (Å²) in [5.74, 6) is -1.43. The first-order valence-electron chi connectivity index (χ1n) is 12.5. The lowest BCUT2D eigenvalue weighted by Gasteiger charge is -2.35. The number of carbonyl (C=O) groups excluding carboxylic acids is 4. The summed E-state index contributed by atoms with van der Waals surface area (Å²) in [4.78, 5) is 53.0. The number of ether oxygens (including phenoxy) is 1. The Bertz CT molecular complexity index is 923. The van der Waals surface area contributed by atoms with Crippen LogP contribution in [0.3, 0.4) is 0 Å². The number of rotatable bonds is 12. The van der Waals surface area contributed by atoms with E-state index in [1.165, 1.54) is 17.0 Å². The molecule has 1 saturated carbocycles. The molecule has 1 fully saturated rings. The molecule has 0 aromatic heterocycles. The van der Waals surface area contributed by atoms with Crippen LogP contribution in [0, 0.1) is 0 Å². The van der Waals surface area contributed by atoms with E-state index < -0.39 is 35.6 Å². The highest BCUT2D eigenvalue weighted by molar-refractivity contribution is 5.93. The molecule has 36 heavy (non-hydrogen) atoms. The van der Waals surface area contributed by atoms with E-state index in [1.807, 2.05) is 13.8 Å². The van der Waals surface area contributed by atoms with Crippen LogP contribution in [0.5, 0.6) is 5.75 Å². The summed E-state index contributed by atoms with van der Waals surface area (Å²) in [7, 11) is 0. The van der Waals surface area contributed by atoms with E-state index >= 15 is 0 Å². The molecule has 10 heteroatoms. The average Bonchev–Trinajstić information content (AvgIpc) is 3.59. The second kappa shape index (κ2) is 12.6. The predicted octanol–water partition coefficient (Wildman–Crippen LogP) is 2.89. The lowest BCUT2D eigenvalue weighted by Crippen LogP contribution is -2.54. The van der Waals surface area contributed by atoms with E-state index in [1.54, 1.807) is 32.9 Å². The maximum atomic E-state index is 13.9. The molecule has 3 atom stereocenters. The number of phenols is 1. The summed E-state index contributed by atoms with van der Waals surface area (Å²) < 4.78 is 5.32. The molecule has 4 amide bonds. The van der Waals surface area contributed by atoms with Gasteiger partial charge in [0.05, 0.1) is 0 Å². The zero-order chi connectivity index (χ0) is 27.0. The highest BCUT2D eigenvalue weighted by Gasteiger charge is 2.44. The van der Waals surface area contributed by atoms with E-state index in [0.717, 1.165) is 12.8 Å².